The highest BCUT2D eigenvalue weighted by atomic mass is 16.7. The molecule has 1 aromatic carbocycles. The van der Waals surface area contributed by atoms with Gasteiger partial charge in [-0.1, -0.05) is 24.1 Å². The van der Waals surface area contributed by atoms with E-state index < -0.39 is 0 Å². The van der Waals surface area contributed by atoms with Crippen LogP contribution in [-0.2, 0) is 4.74 Å². The lowest BCUT2D eigenvalue weighted by Crippen LogP contribution is -1.92. The topological polar surface area (TPSA) is 27.7 Å². The van der Waals surface area contributed by atoms with E-state index in [1.165, 1.54) is 0 Å². The van der Waals surface area contributed by atoms with Gasteiger partial charge >= 0.3 is 0 Å². The molecule has 1 aliphatic rings. The van der Waals surface area contributed by atoms with Crippen LogP contribution >= 0.6 is 0 Å². The minimum absolute atomic E-state index is 0.299. The summed E-state index contributed by atoms with van der Waals surface area (Å²) in [6.07, 6.45) is 8.92. The van der Waals surface area contributed by atoms with E-state index >= 15 is 0 Å². The van der Waals surface area contributed by atoms with Crippen molar-refractivity contribution in [2.75, 3.05) is 20.0 Å². The van der Waals surface area contributed by atoms with E-state index in [1.807, 2.05) is 30.4 Å². The molecule has 0 saturated heterocycles. The predicted octanol–water partition coefficient (Wildman–Crippen LogP) is 2.08. The number of fused-ring (bicyclic) bond motifs is 1. The van der Waals surface area contributed by atoms with Crippen LogP contribution in [0.3, 0.4) is 0 Å². The van der Waals surface area contributed by atoms with Gasteiger partial charge in [0.1, 0.15) is 6.61 Å². The first-order chi connectivity index (χ1) is 7.90. The van der Waals surface area contributed by atoms with E-state index in [-0.39, 0.29) is 0 Å². The van der Waals surface area contributed by atoms with Crippen molar-refractivity contribution in [1.82, 2.24) is 0 Å². The highest BCUT2D eigenvalue weighted by Crippen LogP contribution is 2.32. The maximum atomic E-state index is 5.27. The maximum Gasteiger partial charge on any atom is 0.231 e. The molecule has 1 aliphatic heterocycles. The molecule has 0 saturated carbocycles. The molecule has 2 rings (SSSR count). The maximum absolute atomic E-state index is 5.27. The van der Waals surface area contributed by atoms with E-state index in [1.54, 1.807) is 0 Å². The normalized spacial score (nSPS) is 12.9. The van der Waals surface area contributed by atoms with E-state index in [4.69, 9.17) is 20.6 Å². The Morgan fingerprint density at radius 3 is 3.12 bits per heavy atom. The molecule has 0 aromatic heterocycles. The lowest BCUT2D eigenvalue weighted by atomic mass is 10.2. The Labute approximate surface area is 94.6 Å². The summed E-state index contributed by atoms with van der Waals surface area (Å²) in [5.41, 5.74) is 1.05. The molecule has 0 amide bonds. The van der Waals surface area contributed by atoms with Gasteiger partial charge in [-0.2, -0.15) is 0 Å². The number of terminal acetylenes is 1. The molecule has 1 heterocycles. The second-order valence-electron chi connectivity index (χ2n) is 3.23. The summed E-state index contributed by atoms with van der Waals surface area (Å²) in [6.45, 7) is 1.15. The lowest BCUT2D eigenvalue weighted by Gasteiger charge is -1.97. The molecule has 0 fully saturated rings. The van der Waals surface area contributed by atoms with E-state index in [2.05, 4.69) is 5.92 Å². The van der Waals surface area contributed by atoms with Gasteiger partial charge in [-0.15, -0.1) is 6.42 Å². The van der Waals surface area contributed by atoms with Crippen molar-refractivity contribution in [3.63, 3.8) is 0 Å². The zero-order chi connectivity index (χ0) is 11.2. The third kappa shape index (κ3) is 2.56. The fourth-order valence-corrected chi connectivity index (χ4v) is 1.39. The predicted molar refractivity (Wildman–Crippen MR) is 61.3 cm³/mol. The van der Waals surface area contributed by atoms with Gasteiger partial charge in [0.2, 0.25) is 6.79 Å². The van der Waals surface area contributed by atoms with Crippen LogP contribution in [0.2, 0.25) is 0 Å². The standard InChI is InChI=1S/C13H12O3/c1-2-7-14-8-3-4-11-5-6-12-13(9-11)16-10-15-12/h1,3-6,9H,7-8,10H2/b4-3+. The summed E-state index contributed by atoms with van der Waals surface area (Å²) in [7, 11) is 0. The smallest absolute Gasteiger partial charge is 0.231 e. The monoisotopic (exact) mass is 216 g/mol. The van der Waals surface area contributed by atoms with Crippen molar-refractivity contribution in [3.8, 4) is 23.8 Å². The van der Waals surface area contributed by atoms with Crippen molar-refractivity contribution in [2.24, 2.45) is 0 Å². The van der Waals surface area contributed by atoms with Crippen LogP contribution < -0.4 is 9.47 Å². The minimum atomic E-state index is 0.299. The van der Waals surface area contributed by atoms with Crippen molar-refractivity contribution >= 4 is 6.08 Å². The SMILES string of the molecule is C#CCOC/C=C/c1ccc2c(c1)OCO2. The Bertz CT molecular complexity index is 429. The average molecular weight is 216 g/mol. The first-order valence-corrected chi connectivity index (χ1v) is 4.97. The summed E-state index contributed by atoms with van der Waals surface area (Å²) < 4.78 is 15.6. The van der Waals surface area contributed by atoms with Crippen LogP contribution in [0.5, 0.6) is 11.5 Å². The average Bonchev–Trinajstić information content (AvgIpc) is 2.76. The zero-order valence-corrected chi connectivity index (χ0v) is 8.81. The number of hydrogen-bond donors (Lipinski definition) is 0. The second-order valence-corrected chi connectivity index (χ2v) is 3.23. The summed E-state index contributed by atoms with van der Waals surface area (Å²) in [5.74, 6) is 3.98. The Hall–Kier alpha value is -1.92. The third-order valence-corrected chi connectivity index (χ3v) is 2.11. The molecule has 3 nitrogen and oxygen atoms in total. The number of rotatable bonds is 4. The van der Waals surface area contributed by atoms with E-state index in [9.17, 15) is 0 Å². The van der Waals surface area contributed by atoms with Gasteiger partial charge in [0, 0.05) is 0 Å². The molecule has 16 heavy (non-hydrogen) atoms. The van der Waals surface area contributed by atoms with Crippen LogP contribution in [0, 0.1) is 12.3 Å². The van der Waals surface area contributed by atoms with E-state index in [0.717, 1.165) is 17.1 Å². The molecule has 0 N–H and O–H groups in total. The Balaban J connectivity index is 1.92. The van der Waals surface area contributed by atoms with Crippen LogP contribution in [0.4, 0.5) is 0 Å². The van der Waals surface area contributed by atoms with Crippen LogP contribution in [0.25, 0.3) is 6.08 Å². The summed E-state index contributed by atoms with van der Waals surface area (Å²) in [4.78, 5) is 0. The second kappa shape index (κ2) is 5.24. The van der Waals surface area contributed by atoms with Crippen LogP contribution in [0.15, 0.2) is 24.3 Å². The van der Waals surface area contributed by atoms with Crippen molar-refractivity contribution < 1.29 is 14.2 Å². The largest absolute Gasteiger partial charge is 0.454 e. The van der Waals surface area contributed by atoms with E-state index in [0.29, 0.717) is 20.0 Å². The highest BCUT2D eigenvalue weighted by Gasteiger charge is 2.11. The summed E-state index contributed by atoms with van der Waals surface area (Å²) in [5, 5.41) is 0. The summed E-state index contributed by atoms with van der Waals surface area (Å²) >= 11 is 0. The van der Waals surface area contributed by atoms with Crippen LogP contribution in [-0.4, -0.2) is 20.0 Å². The minimum Gasteiger partial charge on any atom is -0.454 e. The Morgan fingerprint density at radius 1 is 1.38 bits per heavy atom. The molecule has 1 aromatic rings. The number of benzene rings is 1. The van der Waals surface area contributed by atoms with Crippen molar-refractivity contribution in [1.29, 1.82) is 0 Å². The molecule has 0 spiro atoms. The Morgan fingerprint density at radius 2 is 2.25 bits per heavy atom. The lowest BCUT2D eigenvalue weighted by molar-refractivity contribution is 0.174. The number of ether oxygens (including phenoxy) is 3. The van der Waals surface area contributed by atoms with Crippen LogP contribution in [0.1, 0.15) is 5.56 Å². The van der Waals surface area contributed by atoms with Gasteiger partial charge in [-0.05, 0) is 17.7 Å². The first-order valence-electron chi connectivity index (χ1n) is 4.97. The van der Waals surface area contributed by atoms with Crippen molar-refractivity contribution in [3.05, 3.63) is 29.8 Å². The molecule has 0 unspecified atom stereocenters. The zero-order valence-electron chi connectivity index (χ0n) is 8.81. The Kier molecular flexibility index (Phi) is 3.47. The van der Waals surface area contributed by atoms with Crippen molar-refractivity contribution in [2.45, 2.75) is 0 Å². The summed E-state index contributed by atoms with van der Waals surface area (Å²) in [6, 6.07) is 5.79. The molecular weight excluding hydrogens is 204 g/mol. The third-order valence-electron chi connectivity index (χ3n) is 2.11. The van der Waals surface area contributed by atoms with Gasteiger partial charge in [-0.3, -0.25) is 0 Å². The fourth-order valence-electron chi connectivity index (χ4n) is 1.39. The molecule has 0 aliphatic carbocycles. The van der Waals surface area contributed by atoms with Gasteiger partial charge in [0.05, 0.1) is 6.61 Å². The molecule has 82 valence electrons. The highest BCUT2D eigenvalue weighted by molar-refractivity contribution is 5.56. The fraction of sp³-hybridized carbons (Fsp3) is 0.231. The molecule has 0 radical (unpaired) electrons. The molecular formula is C13H12O3. The number of hydrogen-bond acceptors (Lipinski definition) is 3. The van der Waals surface area contributed by atoms with Gasteiger partial charge in [0.25, 0.3) is 0 Å². The van der Waals surface area contributed by atoms with Gasteiger partial charge in [-0.25, -0.2) is 0 Å². The molecule has 0 atom stereocenters. The van der Waals surface area contributed by atoms with Gasteiger partial charge < -0.3 is 14.2 Å². The first kappa shape index (κ1) is 10.6. The van der Waals surface area contributed by atoms with Gasteiger partial charge in [0.15, 0.2) is 11.5 Å². The molecule has 3 heteroatoms. The quantitative estimate of drug-likeness (QED) is 0.569. The molecule has 0 bridgehead atoms.